The molecule has 2 amide bonds. The number of phosphoric ester groups is 1. The fourth-order valence-corrected chi connectivity index (χ4v) is 13.4. The van der Waals surface area contributed by atoms with Gasteiger partial charge in [-0.15, -0.1) is 0 Å². The minimum Gasteiger partial charge on any atom is -0.462 e. The average molecular weight is 1200 g/mol. The van der Waals surface area contributed by atoms with Crippen molar-refractivity contribution in [3.05, 3.63) is 97.3 Å². The topological polar surface area (TPSA) is 379 Å². The lowest BCUT2D eigenvalue weighted by Gasteiger charge is -2.22. The minimum atomic E-state index is -5.90. The van der Waals surface area contributed by atoms with Gasteiger partial charge in [0.25, 0.3) is 5.56 Å². The molecule has 26 nitrogen and oxygen atoms in total. The molecule has 5 unspecified atom stereocenters. The van der Waals surface area contributed by atoms with E-state index in [1.165, 1.54) is 49.2 Å². The Morgan fingerprint density at radius 1 is 0.868 bits per heavy atom. The molecule has 9 N–H and O–H groups in total. The van der Waals surface area contributed by atoms with Gasteiger partial charge < -0.3 is 59.6 Å². The maximum absolute atomic E-state index is 13.7. The highest BCUT2D eigenvalue weighted by Crippen LogP contribution is 2.66. The molecule has 1 saturated heterocycles. The van der Waals surface area contributed by atoms with Gasteiger partial charge in [-0.1, -0.05) is 73.2 Å². The van der Waals surface area contributed by atoms with Crippen molar-refractivity contribution in [2.45, 2.75) is 68.5 Å². The van der Waals surface area contributed by atoms with Crippen LogP contribution in [0.2, 0.25) is 0 Å². The Morgan fingerprint density at radius 3 is 2.25 bits per heavy atom. The number of nitrogens with two attached hydrogens (primary N) is 1. The van der Waals surface area contributed by atoms with Crippen LogP contribution in [0.1, 0.15) is 93.7 Å². The highest BCUT2D eigenvalue weighted by atomic mass is 33.1. The Labute approximate surface area is 451 Å². The molecule has 2 heterocycles. The van der Waals surface area contributed by atoms with E-state index >= 15 is 0 Å². The predicted octanol–water partition coefficient (Wildman–Crippen LogP) is 4.96. The number of aromatic amines is 1. The summed E-state index contributed by atoms with van der Waals surface area (Å²) in [5.74, 6) is 2.94. The molecule has 7 atom stereocenters. The van der Waals surface area contributed by atoms with E-state index in [4.69, 9.17) is 43.7 Å². The Kier molecular flexibility index (Phi) is 27.0. The Hall–Kier alpha value is -3.79. The van der Waals surface area contributed by atoms with Gasteiger partial charge in [0.2, 0.25) is 11.8 Å². The average Bonchev–Trinajstić information content (AvgIpc) is 3.74. The summed E-state index contributed by atoms with van der Waals surface area (Å²) in [5, 5.41) is 5.01. The smallest absolute Gasteiger partial charge is 0.462 e. The molecule has 1 aliphatic heterocycles. The van der Waals surface area contributed by atoms with Crippen molar-refractivity contribution in [2.24, 2.45) is 5.73 Å². The SMILES string of the molecule is CSSC(C)c1cc(NC(=O)COCCOCCN)ccc1C(=O)OCCCCC(=O)NCC#Cc1cn([C@H]2C[C@@H](OC(=O)c3ccccc3C(C)SSC)C(COP(=O)(O)OP(=O)(O)OP(=O)(O)O)O2)c(=O)[nH]c1=O. The number of anilines is 1. The molecule has 4 rings (SSSR count). The fourth-order valence-electron chi connectivity index (χ4n) is 6.86. The monoisotopic (exact) mass is 1200 g/mol. The molecule has 76 heavy (non-hydrogen) atoms. The summed E-state index contributed by atoms with van der Waals surface area (Å²) in [5.41, 5.74) is 5.36. The van der Waals surface area contributed by atoms with Crippen LogP contribution in [-0.2, 0) is 60.1 Å². The van der Waals surface area contributed by atoms with Crippen molar-refractivity contribution in [1.29, 1.82) is 0 Å². The van der Waals surface area contributed by atoms with Gasteiger partial charge in [0, 0.05) is 41.8 Å². The van der Waals surface area contributed by atoms with E-state index in [1.54, 1.807) is 36.4 Å². The number of hydrogen-bond donors (Lipinski definition) is 8. The number of hydrogen-bond acceptors (Lipinski definition) is 22. The summed E-state index contributed by atoms with van der Waals surface area (Å²) in [4.78, 5) is 117. The normalized spacial score (nSPS) is 17.8. The third-order valence-corrected chi connectivity index (χ3v) is 18.3. The Morgan fingerprint density at radius 2 is 1.55 bits per heavy atom. The van der Waals surface area contributed by atoms with E-state index in [0.717, 1.165) is 10.8 Å². The summed E-state index contributed by atoms with van der Waals surface area (Å²) in [6.45, 7) is 3.59. The molecule has 1 aromatic heterocycles. The van der Waals surface area contributed by atoms with E-state index in [1.807, 2.05) is 26.4 Å². The summed E-state index contributed by atoms with van der Waals surface area (Å²) < 4.78 is 76.6. The first-order valence-corrected chi connectivity index (χ1v) is 32.4. The fraction of sp³-hybridized carbons (Fsp3) is 0.488. The van der Waals surface area contributed by atoms with E-state index in [2.05, 4.69) is 36.1 Å². The second kappa shape index (κ2) is 31.7. The number of amides is 2. The molecule has 0 bridgehead atoms. The van der Waals surface area contributed by atoms with Crippen LogP contribution in [0.5, 0.6) is 0 Å². The Balaban J connectivity index is 1.36. The van der Waals surface area contributed by atoms with Gasteiger partial charge in [0.05, 0.1) is 50.7 Å². The zero-order chi connectivity index (χ0) is 56.1. The van der Waals surface area contributed by atoms with Gasteiger partial charge in [-0.2, -0.15) is 8.62 Å². The van der Waals surface area contributed by atoms with Gasteiger partial charge in [-0.05, 0) is 74.6 Å². The lowest BCUT2D eigenvalue weighted by Crippen LogP contribution is -2.34. The lowest BCUT2D eigenvalue weighted by atomic mass is 10.0. The zero-order valence-corrected chi connectivity index (χ0v) is 47.2. The number of unbranched alkanes of at least 4 members (excludes halogenated alkanes) is 1. The molecule has 420 valence electrons. The number of carbonyl (C=O) groups is 4. The van der Waals surface area contributed by atoms with Gasteiger partial charge in [0.1, 0.15) is 30.6 Å². The van der Waals surface area contributed by atoms with Crippen LogP contribution in [0.4, 0.5) is 5.69 Å². The molecule has 2 aromatic carbocycles. The standard InChI is InChI=1S/C43H58N5O21P3S4/c1-27(75-73-3)31-11-5-6-12-32(31)42(53)67-35-23-39(66-36(35)25-65-71(58,59)69-72(60,61)68-70(55,56)57)48-24-29(40(51)47-43(48)54)10-9-17-45-37(49)13-7-8-18-64-41(52)33-15-14-30(22-34(33)28(2)76-74-4)46-38(50)26-63-21-20-62-19-16-44/h5-6,11-12,14-15,22,24,27-28,35-36,39H,7-8,13,16-21,23,25-26,44H2,1-4H3,(H,45,49)(H,46,50)(H,58,59)(H,60,61)(H,47,51,54)(H2,55,56,57)/t27?,28?,35-,36?,39-/m1/s1. The van der Waals surface area contributed by atoms with Crippen LogP contribution in [-0.4, -0.2) is 130 Å². The first-order chi connectivity index (χ1) is 36.0. The molecular weight excluding hydrogens is 1140 g/mol. The number of benzene rings is 2. The molecule has 3 aromatic rings. The highest BCUT2D eigenvalue weighted by Gasteiger charge is 2.45. The first kappa shape index (κ1) is 64.7. The first-order valence-electron chi connectivity index (χ1n) is 22.7. The lowest BCUT2D eigenvalue weighted by molar-refractivity contribution is -0.121. The molecule has 0 aliphatic carbocycles. The van der Waals surface area contributed by atoms with Crippen LogP contribution >= 0.6 is 66.6 Å². The molecular formula is C43H58N5O21P3S4. The van der Waals surface area contributed by atoms with Gasteiger partial charge >= 0.3 is 41.1 Å². The molecule has 33 heteroatoms. The van der Waals surface area contributed by atoms with Crippen LogP contribution < -0.4 is 27.6 Å². The van der Waals surface area contributed by atoms with E-state index in [9.17, 15) is 52.2 Å². The largest absolute Gasteiger partial charge is 0.490 e. The second-order valence-electron chi connectivity index (χ2n) is 15.8. The van der Waals surface area contributed by atoms with E-state index in [0.29, 0.717) is 55.0 Å². The number of aromatic nitrogens is 2. The van der Waals surface area contributed by atoms with Crippen molar-refractivity contribution in [2.75, 3.05) is 70.6 Å². The molecule has 1 aliphatic rings. The van der Waals surface area contributed by atoms with Crippen molar-refractivity contribution in [3.63, 3.8) is 0 Å². The third kappa shape index (κ3) is 22.2. The summed E-state index contributed by atoms with van der Waals surface area (Å²) in [6.07, 6.45) is 0.833. The van der Waals surface area contributed by atoms with Crippen LogP contribution in [0.3, 0.4) is 0 Å². The van der Waals surface area contributed by atoms with Crippen molar-refractivity contribution in [1.82, 2.24) is 14.9 Å². The molecule has 0 radical (unpaired) electrons. The third-order valence-electron chi connectivity index (χ3n) is 10.1. The quantitative estimate of drug-likeness (QED) is 0.0139. The summed E-state index contributed by atoms with van der Waals surface area (Å²) in [7, 11) is -11.3. The molecule has 0 spiro atoms. The maximum atomic E-state index is 13.7. The van der Waals surface area contributed by atoms with Crippen molar-refractivity contribution < 1.29 is 89.3 Å². The Bertz CT molecular complexity index is 2810. The van der Waals surface area contributed by atoms with Crippen molar-refractivity contribution in [3.8, 4) is 11.8 Å². The number of nitrogens with one attached hydrogen (secondary N) is 3. The summed E-state index contributed by atoms with van der Waals surface area (Å²) >= 11 is 0. The number of nitrogens with zero attached hydrogens (tertiary/aromatic N) is 1. The number of rotatable bonds is 31. The van der Waals surface area contributed by atoms with Crippen molar-refractivity contribution >= 4 is 96.1 Å². The maximum Gasteiger partial charge on any atom is 0.490 e. The van der Waals surface area contributed by atoms with Gasteiger partial charge in [-0.3, -0.25) is 28.5 Å². The molecule has 1 fully saturated rings. The number of ether oxygens (including phenoxy) is 5. The van der Waals surface area contributed by atoms with Crippen LogP contribution in [0.15, 0.2) is 58.3 Å². The summed E-state index contributed by atoms with van der Waals surface area (Å²) in [6, 6.07) is 11.4. The predicted molar refractivity (Wildman–Crippen MR) is 284 cm³/mol. The second-order valence-corrected chi connectivity index (χ2v) is 25.8. The number of H-pyrrole nitrogens is 1. The number of phosphoric acid groups is 3. The highest BCUT2D eigenvalue weighted by molar-refractivity contribution is 8.76. The van der Waals surface area contributed by atoms with E-state index in [-0.39, 0.29) is 66.7 Å². The van der Waals surface area contributed by atoms with Gasteiger partial charge in [-0.25, -0.2) is 28.1 Å². The number of carbonyl (C=O) groups excluding carboxylic acids is 4. The number of esters is 2. The molecule has 0 saturated carbocycles. The van der Waals surface area contributed by atoms with Crippen LogP contribution in [0.25, 0.3) is 0 Å². The van der Waals surface area contributed by atoms with E-state index < -0.39 is 77.6 Å². The zero-order valence-electron chi connectivity index (χ0n) is 41.2. The van der Waals surface area contributed by atoms with Crippen LogP contribution in [0, 0.1) is 11.8 Å². The van der Waals surface area contributed by atoms with Gasteiger partial charge in [0.15, 0.2) is 0 Å². The minimum absolute atomic E-state index is 0.00595.